The number of piperidine rings is 1. The Morgan fingerprint density at radius 2 is 2.04 bits per heavy atom. The van der Waals surface area contributed by atoms with Gasteiger partial charge in [-0.2, -0.15) is 5.10 Å². The number of aromatic nitrogens is 4. The maximum atomic E-state index is 13.0. The first kappa shape index (κ1) is 18.6. The fraction of sp³-hybridized carbons (Fsp3) is 0.684. The van der Waals surface area contributed by atoms with Gasteiger partial charge in [0.1, 0.15) is 0 Å². The zero-order valence-electron chi connectivity index (χ0n) is 16.4. The normalized spacial score (nSPS) is 20.6. The van der Waals surface area contributed by atoms with E-state index in [0.717, 1.165) is 49.3 Å². The minimum absolute atomic E-state index is 0.0586. The van der Waals surface area contributed by atoms with Crippen LogP contribution in [0.5, 0.6) is 0 Å². The van der Waals surface area contributed by atoms with Gasteiger partial charge < -0.3 is 9.32 Å². The molecule has 7 heteroatoms. The molecule has 0 aromatic carbocycles. The second kappa shape index (κ2) is 7.60. The van der Waals surface area contributed by atoms with Gasteiger partial charge in [0.25, 0.3) is 0 Å². The summed E-state index contributed by atoms with van der Waals surface area (Å²) in [6.07, 6.45) is 3.06. The maximum Gasteiger partial charge on any atom is 0.227 e. The van der Waals surface area contributed by atoms with Crippen LogP contribution in [0.2, 0.25) is 0 Å². The Bertz CT molecular complexity index is 779. The Morgan fingerprint density at radius 1 is 1.27 bits per heavy atom. The zero-order chi connectivity index (χ0) is 18.8. The summed E-state index contributed by atoms with van der Waals surface area (Å²) in [6, 6.07) is 0.0586. The molecule has 1 aliphatic heterocycles. The molecule has 1 aliphatic rings. The number of likely N-dealkylation sites (tertiary alicyclic amines) is 1. The first-order chi connectivity index (χ1) is 12.5. The van der Waals surface area contributed by atoms with E-state index in [-0.39, 0.29) is 17.9 Å². The Morgan fingerprint density at radius 3 is 2.65 bits per heavy atom. The summed E-state index contributed by atoms with van der Waals surface area (Å²) in [5.41, 5.74) is 3.09. The Hall–Kier alpha value is -2.18. The molecule has 0 radical (unpaired) electrons. The lowest BCUT2D eigenvalue weighted by atomic mass is 9.89. The summed E-state index contributed by atoms with van der Waals surface area (Å²) in [5, 5.41) is 12.8. The largest absolute Gasteiger partial charge is 0.425 e. The van der Waals surface area contributed by atoms with Crippen molar-refractivity contribution in [3.8, 4) is 0 Å². The van der Waals surface area contributed by atoms with Crippen LogP contribution >= 0.6 is 0 Å². The number of nitrogens with zero attached hydrogens (tertiary/aromatic N) is 5. The Kier molecular flexibility index (Phi) is 5.44. The number of rotatable bonds is 5. The van der Waals surface area contributed by atoms with E-state index >= 15 is 0 Å². The lowest BCUT2D eigenvalue weighted by molar-refractivity contribution is -0.134. The Labute approximate surface area is 154 Å². The fourth-order valence-electron chi connectivity index (χ4n) is 3.94. The third-order valence-electron chi connectivity index (χ3n) is 5.57. The van der Waals surface area contributed by atoms with Gasteiger partial charge in [0, 0.05) is 36.8 Å². The molecule has 0 aliphatic carbocycles. The summed E-state index contributed by atoms with van der Waals surface area (Å²) in [6.45, 7) is 11.8. The molecule has 0 N–H and O–H groups in total. The summed E-state index contributed by atoms with van der Waals surface area (Å²) >= 11 is 0. The van der Waals surface area contributed by atoms with Crippen LogP contribution in [0.1, 0.15) is 68.3 Å². The number of carbonyl (C=O) groups is 1. The molecule has 26 heavy (non-hydrogen) atoms. The van der Waals surface area contributed by atoms with Gasteiger partial charge in [0.15, 0.2) is 0 Å². The van der Waals surface area contributed by atoms with Crippen LogP contribution in [0.3, 0.4) is 0 Å². The van der Waals surface area contributed by atoms with Gasteiger partial charge in [-0.1, -0.05) is 6.92 Å². The Balaban J connectivity index is 1.76. The standard InChI is InChI=1S/C19H29N5O2/c1-6-17-20-21-19(26-17)15-9-8-10-23(13(15)4)18(25)11-16-12(3)22-24(7-2)14(16)5/h13,15H,6-11H2,1-5H3/t13-,15-/m0/s1. The summed E-state index contributed by atoms with van der Waals surface area (Å²) < 4.78 is 7.74. The molecule has 3 rings (SSSR count). The summed E-state index contributed by atoms with van der Waals surface area (Å²) in [5.74, 6) is 1.59. The highest BCUT2D eigenvalue weighted by molar-refractivity contribution is 5.79. The maximum absolute atomic E-state index is 13.0. The van der Waals surface area contributed by atoms with Crippen LogP contribution in [0.15, 0.2) is 4.42 Å². The first-order valence-corrected chi connectivity index (χ1v) is 9.60. The first-order valence-electron chi connectivity index (χ1n) is 9.60. The molecule has 2 aromatic rings. The molecule has 3 heterocycles. The van der Waals surface area contributed by atoms with Crippen LogP contribution in [0.4, 0.5) is 0 Å². The van der Waals surface area contributed by atoms with Crippen molar-refractivity contribution in [1.82, 2.24) is 24.9 Å². The van der Waals surface area contributed by atoms with Crippen molar-refractivity contribution in [3.63, 3.8) is 0 Å². The van der Waals surface area contributed by atoms with Gasteiger partial charge in [-0.25, -0.2) is 0 Å². The number of hydrogen-bond donors (Lipinski definition) is 0. The molecule has 0 unspecified atom stereocenters. The smallest absolute Gasteiger partial charge is 0.227 e. The predicted molar refractivity (Wildman–Crippen MR) is 97.9 cm³/mol. The minimum atomic E-state index is 0.0586. The second-order valence-corrected chi connectivity index (χ2v) is 7.11. The summed E-state index contributed by atoms with van der Waals surface area (Å²) in [7, 11) is 0. The molecule has 1 saturated heterocycles. The summed E-state index contributed by atoms with van der Waals surface area (Å²) in [4.78, 5) is 15.0. The van der Waals surface area contributed by atoms with Crippen molar-refractivity contribution in [1.29, 1.82) is 0 Å². The molecular formula is C19H29N5O2. The lowest BCUT2D eigenvalue weighted by Gasteiger charge is -2.38. The molecular weight excluding hydrogens is 330 g/mol. The van der Waals surface area contributed by atoms with E-state index < -0.39 is 0 Å². The van der Waals surface area contributed by atoms with E-state index in [2.05, 4.69) is 29.1 Å². The molecule has 2 atom stereocenters. The highest BCUT2D eigenvalue weighted by Crippen LogP contribution is 2.32. The van der Waals surface area contributed by atoms with Crippen LogP contribution in [-0.4, -0.2) is 43.4 Å². The molecule has 0 spiro atoms. The van der Waals surface area contributed by atoms with Crippen LogP contribution < -0.4 is 0 Å². The fourth-order valence-corrected chi connectivity index (χ4v) is 3.94. The van der Waals surface area contributed by atoms with Gasteiger partial charge in [0.05, 0.1) is 18.0 Å². The SMILES string of the molecule is CCc1nnc([C@H]2CCCN(C(=O)Cc3c(C)nn(CC)c3C)[C@H]2C)o1. The van der Waals surface area contributed by atoms with Crippen molar-refractivity contribution in [3.05, 3.63) is 28.7 Å². The number of amides is 1. The van der Waals surface area contributed by atoms with Gasteiger partial charge in [-0.15, -0.1) is 10.2 Å². The monoisotopic (exact) mass is 359 g/mol. The molecule has 1 fully saturated rings. The van der Waals surface area contributed by atoms with Crippen LogP contribution in [0, 0.1) is 13.8 Å². The van der Waals surface area contributed by atoms with Gasteiger partial charge in [0.2, 0.25) is 17.7 Å². The van der Waals surface area contributed by atoms with Crippen molar-refractivity contribution >= 4 is 5.91 Å². The van der Waals surface area contributed by atoms with E-state index in [0.29, 0.717) is 18.2 Å². The molecule has 2 aromatic heterocycles. The van der Waals surface area contributed by atoms with Gasteiger partial charge in [-0.3, -0.25) is 9.48 Å². The van der Waals surface area contributed by atoms with E-state index in [4.69, 9.17) is 4.42 Å². The van der Waals surface area contributed by atoms with Crippen LogP contribution in [-0.2, 0) is 24.2 Å². The topological polar surface area (TPSA) is 77.1 Å². The van der Waals surface area contributed by atoms with Gasteiger partial charge >= 0.3 is 0 Å². The lowest BCUT2D eigenvalue weighted by Crippen LogP contribution is -2.46. The average Bonchev–Trinajstić information content (AvgIpc) is 3.21. The molecule has 7 nitrogen and oxygen atoms in total. The molecule has 0 bridgehead atoms. The molecule has 142 valence electrons. The predicted octanol–water partition coefficient (Wildman–Crippen LogP) is 2.80. The van der Waals surface area contributed by atoms with Crippen molar-refractivity contribution < 1.29 is 9.21 Å². The average molecular weight is 359 g/mol. The highest BCUT2D eigenvalue weighted by Gasteiger charge is 2.35. The molecule has 0 saturated carbocycles. The van der Waals surface area contributed by atoms with E-state index in [1.54, 1.807) is 0 Å². The van der Waals surface area contributed by atoms with E-state index in [9.17, 15) is 4.79 Å². The zero-order valence-corrected chi connectivity index (χ0v) is 16.4. The van der Waals surface area contributed by atoms with Gasteiger partial charge in [-0.05, 0) is 40.5 Å². The highest BCUT2D eigenvalue weighted by atomic mass is 16.4. The molecule has 1 amide bonds. The third kappa shape index (κ3) is 3.39. The third-order valence-corrected chi connectivity index (χ3v) is 5.57. The van der Waals surface area contributed by atoms with E-state index in [1.165, 1.54) is 0 Å². The van der Waals surface area contributed by atoms with Crippen molar-refractivity contribution in [2.75, 3.05) is 6.54 Å². The minimum Gasteiger partial charge on any atom is -0.425 e. The second-order valence-electron chi connectivity index (χ2n) is 7.11. The number of aryl methyl sites for hydroxylation is 3. The van der Waals surface area contributed by atoms with Crippen LogP contribution in [0.25, 0.3) is 0 Å². The number of carbonyl (C=O) groups excluding carboxylic acids is 1. The van der Waals surface area contributed by atoms with E-state index in [1.807, 2.05) is 30.4 Å². The van der Waals surface area contributed by atoms with Crippen molar-refractivity contribution in [2.24, 2.45) is 0 Å². The number of hydrogen-bond acceptors (Lipinski definition) is 5. The van der Waals surface area contributed by atoms with Crippen molar-refractivity contribution in [2.45, 2.75) is 78.8 Å². The quantitative estimate of drug-likeness (QED) is 0.820.